The number of esters is 1. The first-order valence-corrected chi connectivity index (χ1v) is 24.7. The topological polar surface area (TPSA) is 157 Å². The third-order valence-corrected chi connectivity index (χ3v) is 9.47. The molecule has 16 heteroatoms. The van der Waals surface area contributed by atoms with Crippen LogP contribution in [-0.2, 0) is 66.4 Å². The van der Waals surface area contributed by atoms with E-state index in [9.17, 15) is 9.59 Å². The van der Waals surface area contributed by atoms with Gasteiger partial charge in [-0.2, -0.15) is 0 Å². The molecule has 0 N–H and O–H groups in total. The molecule has 0 saturated carbocycles. The monoisotopic (exact) mass is 926 g/mol. The maximum absolute atomic E-state index is 11.9. The van der Waals surface area contributed by atoms with E-state index in [0.29, 0.717) is 158 Å². The first kappa shape index (κ1) is 62.3. The maximum atomic E-state index is 11.9. The van der Waals surface area contributed by atoms with Crippen LogP contribution in [0.2, 0.25) is 0 Å². The van der Waals surface area contributed by atoms with Crippen molar-refractivity contribution in [3.63, 3.8) is 0 Å². The number of hydrogen-bond donors (Lipinski definition) is 0. The number of hydrogen-bond acceptors (Lipinski definition) is 15. The van der Waals surface area contributed by atoms with Crippen LogP contribution in [0.15, 0.2) is 0 Å². The first-order chi connectivity index (χ1) is 31.3. The summed E-state index contributed by atoms with van der Waals surface area (Å²) >= 11 is 0. The number of carbonyl (C=O) groups is 2. The van der Waals surface area contributed by atoms with Crippen LogP contribution in [0.3, 0.4) is 0 Å². The summed E-state index contributed by atoms with van der Waals surface area (Å²) < 4.78 is 71.1. The van der Waals surface area contributed by atoms with Gasteiger partial charge in [0.25, 0.3) is 0 Å². The van der Waals surface area contributed by atoms with Crippen LogP contribution in [0.4, 0.5) is 4.79 Å². The van der Waals surface area contributed by atoms with Gasteiger partial charge in [-0.3, -0.25) is 4.79 Å². The van der Waals surface area contributed by atoms with Gasteiger partial charge < -0.3 is 66.5 Å². The van der Waals surface area contributed by atoms with Crippen molar-refractivity contribution < 1.29 is 71.2 Å². The second-order valence-corrected chi connectivity index (χ2v) is 16.6. The van der Waals surface area contributed by atoms with Crippen LogP contribution in [0.5, 0.6) is 0 Å². The van der Waals surface area contributed by atoms with Crippen molar-refractivity contribution in [2.45, 2.75) is 136 Å². The molecule has 0 radical (unpaired) electrons. The molecule has 0 aliphatic heterocycles. The van der Waals surface area contributed by atoms with E-state index in [1.165, 1.54) is 88.4 Å². The van der Waals surface area contributed by atoms with Crippen LogP contribution < -0.4 is 0 Å². The zero-order chi connectivity index (χ0) is 46.7. The lowest BCUT2D eigenvalue weighted by Crippen LogP contribution is -2.36. The standard InChI is InChI=1S/C48H95NO15/c1-6-7-8-9-10-11-12-13-14-15-16-17-18-19-20-21-46(50)63-45-44-62-43-42-61-41-40-60-39-38-59-37-36-58-35-34-57-33-32-56-31-30-55-29-28-54-27-26-53-25-24-52-23-22-49(5)47(51)64-48(2,3)4/h6-45H2,1-5H3. The number of unbranched alkanes of at least 4 members (excludes halogenated alkanes) is 14. The largest absolute Gasteiger partial charge is 0.463 e. The van der Waals surface area contributed by atoms with E-state index in [2.05, 4.69) is 6.92 Å². The van der Waals surface area contributed by atoms with Crippen molar-refractivity contribution in [3.8, 4) is 0 Å². The van der Waals surface area contributed by atoms with E-state index in [1.54, 1.807) is 7.05 Å². The third kappa shape index (κ3) is 52.9. The Morgan fingerprint density at radius 1 is 0.359 bits per heavy atom. The highest BCUT2D eigenvalue weighted by Crippen LogP contribution is 2.14. The molecule has 382 valence electrons. The van der Waals surface area contributed by atoms with Gasteiger partial charge >= 0.3 is 12.1 Å². The lowest BCUT2D eigenvalue weighted by atomic mass is 10.0. The quantitative estimate of drug-likeness (QED) is 0.0429. The summed E-state index contributed by atoms with van der Waals surface area (Å²) in [4.78, 5) is 25.3. The minimum atomic E-state index is -0.515. The molecule has 0 fully saturated rings. The Balaban J connectivity index is 3.17. The van der Waals surface area contributed by atoms with Gasteiger partial charge in [-0.05, 0) is 27.2 Å². The minimum absolute atomic E-state index is 0.135. The summed E-state index contributed by atoms with van der Waals surface area (Å²) in [6.07, 6.45) is 19.8. The van der Waals surface area contributed by atoms with Gasteiger partial charge in [0.2, 0.25) is 0 Å². The van der Waals surface area contributed by atoms with Crippen LogP contribution in [0.25, 0.3) is 0 Å². The predicted octanol–water partition coefficient (Wildman–Crippen LogP) is 7.84. The summed E-state index contributed by atoms with van der Waals surface area (Å²) in [6, 6.07) is 0. The highest BCUT2D eigenvalue weighted by molar-refractivity contribution is 5.69. The molecule has 0 heterocycles. The molecule has 64 heavy (non-hydrogen) atoms. The molecule has 0 aromatic heterocycles. The molecule has 0 aliphatic rings. The first-order valence-electron chi connectivity index (χ1n) is 24.7. The second kappa shape index (κ2) is 50.7. The van der Waals surface area contributed by atoms with Crippen molar-refractivity contribution >= 4 is 12.1 Å². The van der Waals surface area contributed by atoms with Gasteiger partial charge in [0, 0.05) is 20.0 Å². The Bertz CT molecular complexity index is 959. The minimum Gasteiger partial charge on any atom is -0.463 e. The van der Waals surface area contributed by atoms with Gasteiger partial charge in [0.05, 0.1) is 145 Å². The molecule has 0 aliphatic carbocycles. The molecular weight excluding hydrogens is 831 g/mol. The highest BCUT2D eigenvalue weighted by atomic mass is 16.6. The van der Waals surface area contributed by atoms with Gasteiger partial charge in [0.1, 0.15) is 12.2 Å². The second-order valence-electron chi connectivity index (χ2n) is 16.6. The SMILES string of the molecule is CCCCCCCCCCCCCCCCCC(=O)OCCOCCOCCOCCOCCOCCOCCOCCOCCOCCOCCOCCN(C)C(=O)OC(C)(C)C. The van der Waals surface area contributed by atoms with Crippen molar-refractivity contribution in [1.29, 1.82) is 0 Å². The van der Waals surface area contributed by atoms with E-state index in [4.69, 9.17) is 61.6 Å². The molecule has 1 amide bonds. The maximum Gasteiger partial charge on any atom is 0.410 e. The number of rotatable bonds is 52. The molecule has 0 rings (SSSR count). The van der Waals surface area contributed by atoms with Gasteiger partial charge in [-0.1, -0.05) is 96.8 Å². The third-order valence-electron chi connectivity index (χ3n) is 9.47. The number of amides is 1. The van der Waals surface area contributed by atoms with Crippen LogP contribution in [-0.4, -0.2) is 188 Å². The summed E-state index contributed by atoms with van der Waals surface area (Å²) in [5.41, 5.74) is -0.515. The molecule has 0 bridgehead atoms. The van der Waals surface area contributed by atoms with E-state index < -0.39 is 5.60 Å². The fourth-order valence-electron chi connectivity index (χ4n) is 5.86. The van der Waals surface area contributed by atoms with Crippen molar-refractivity contribution in [2.75, 3.05) is 166 Å². The van der Waals surface area contributed by atoms with Gasteiger partial charge in [-0.15, -0.1) is 0 Å². The molecule has 0 unspecified atom stereocenters. The molecule has 0 spiro atoms. The average molecular weight is 926 g/mol. The molecule has 0 aromatic rings. The number of nitrogens with zero attached hydrogens (tertiary/aromatic N) is 1. The Labute approximate surface area is 388 Å². The average Bonchev–Trinajstić information content (AvgIpc) is 3.26. The van der Waals surface area contributed by atoms with Crippen molar-refractivity contribution in [1.82, 2.24) is 4.90 Å². The fraction of sp³-hybridized carbons (Fsp3) is 0.958. The Hall–Kier alpha value is -1.70. The van der Waals surface area contributed by atoms with Crippen LogP contribution in [0.1, 0.15) is 130 Å². The van der Waals surface area contributed by atoms with Gasteiger partial charge in [-0.25, -0.2) is 4.79 Å². The van der Waals surface area contributed by atoms with E-state index in [-0.39, 0.29) is 18.7 Å². The van der Waals surface area contributed by atoms with Gasteiger partial charge in [0.15, 0.2) is 0 Å². The molecule has 0 aromatic carbocycles. The molecule has 0 saturated heterocycles. The van der Waals surface area contributed by atoms with Crippen molar-refractivity contribution in [3.05, 3.63) is 0 Å². The van der Waals surface area contributed by atoms with E-state index in [0.717, 1.165) is 12.8 Å². The molecule has 0 atom stereocenters. The normalized spacial score (nSPS) is 11.7. The summed E-state index contributed by atoms with van der Waals surface area (Å²) in [5, 5.41) is 0. The molecular formula is C48H95NO15. The van der Waals surface area contributed by atoms with E-state index in [1.807, 2.05) is 20.8 Å². The fourth-order valence-corrected chi connectivity index (χ4v) is 5.86. The zero-order valence-corrected chi connectivity index (χ0v) is 41.4. The molecule has 16 nitrogen and oxygen atoms in total. The number of carbonyl (C=O) groups excluding carboxylic acids is 2. The summed E-state index contributed by atoms with van der Waals surface area (Å²) in [5.74, 6) is -0.135. The number of ether oxygens (including phenoxy) is 13. The Morgan fingerprint density at radius 3 is 0.891 bits per heavy atom. The summed E-state index contributed by atoms with van der Waals surface area (Å²) in [7, 11) is 1.68. The van der Waals surface area contributed by atoms with Crippen molar-refractivity contribution in [2.24, 2.45) is 0 Å². The number of likely N-dealkylation sites (N-methyl/N-ethyl adjacent to an activating group) is 1. The Morgan fingerprint density at radius 2 is 0.609 bits per heavy atom. The summed E-state index contributed by atoms with van der Waals surface area (Å²) in [6.45, 7) is 18.9. The lowest BCUT2D eigenvalue weighted by molar-refractivity contribution is -0.145. The zero-order valence-electron chi connectivity index (χ0n) is 41.4. The van der Waals surface area contributed by atoms with E-state index >= 15 is 0 Å². The predicted molar refractivity (Wildman–Crippen MR) is 248 cm³/mol. The Kier molecular flexibility index (Phi) is 49.4. The highest BCUT2D eigenvalue weighted by Gasteiger charge is 2.19. The van der Waals surface area contributed by atoms with Crippen LogP contribution in [0, 0.1) is 0 Å². The smallest absolute Gasteiger partial charge is 0.410 e. The van der Waals surface area contributed by atoms with Crippen LogP contribution >= 0.6 is 0 Å². The lowest BCUT2D eigenvalue weighted by Gasteiger charge is -2.24.